The molecule has 1 unspecified atom stereocenters. The fraction of sp³-hybridized carbons (Fsp3) is 0.222. The van der Waals surface area contributed by atoms with Gasteiger partial charge < -0.3 is 9.84 Å². The molecule has 0 bridgehead atoms. The molecular weight excluding hydrogens is 188 g/mol. The first-order valence-electron chi connectivity index (χ1n) is 3.74. The third-order valence-corrected chi connectivity index (χ3v) is 1.98. The summed E-state index contributed by atoms with van der Waals surface area (Å²) in [6, 6.07) is 7.33. The van der Waals surface area contributed by atoms with E-state index in [1.807, 2.05) is 19.1 Å². The summed E-state index contributed by atoms with van der Waals surface area (Å²) in [5.41, 5.74) is 1.13. The van der Waals surface area contributed by atoms with Crippen LogP contribution >= 0.6 is 12.6 Å². The maximum absolute atomic E-state index is 10.2. The largest absolute Gasteiger partial charge is 0.507 e. The molecule has 1 rings (SSSR count). The van der Waals surface area contributed by atoms with Gasteiger partial charge in [0.2, 0.25) is 0 Å². The van der Waals surface area contributed by atoms with Gasteiger partial charge in [-0.3, -0.25) is 0 Å². The molecule has 0 aliphatic heterocycles. The second-order valence-corrected chi connectivity index (χ2v) is 3.12. The van der Waals surface area contributed by atoms with E-state index in [9.17, 15) is 4.79 Å². The molecule has 3 nitrogen and oxygen atoms in total. The van der Waals surface area contributed by atoms with Crippen molar-refractivity contribution in [2.75, 3.05) is 0 Å². The van der Waals surface area contributed by atoms with E-state index in [4.69, 9.17) is 5.11 Å². The normalized spacial score (nSPS) is 12.2. The summed E-state index contributed by atoms with van der Waals surface area (Å²) in [5.74, 6) is 0. The van der Waals surface area contributed by atoms with Crippen molar-refractivity contribution in [1.82, 2.24) is 0 Å². The number of benzene rings is 1. The van der Waals surface area contributed by atoms with Crippen molar-refractivity contribution >= 4 is 18.8 Å². The second kappa shape index (κ2) is 4.18. The Balaban J connectivity index is 2.71. The second-order valence-electron chi connectivity index (χ2n) is 2.65. The molecule has 1 aromatic rings. The summed E-state index contributed by atoms with van der Waals surface area (Å²) in [7, 11) is 0. The molecule has 13 heavy (non-hydrogen) atoms. The predicted molar refractivity (Wildman–Crippen MR) is 52.0 cm³/mol. The Kier molecular flexibility index (Phi) is 3.19. The van der Waals surface area contributed by atoms with Crippen molar-refractivity contribution < 1.29 is 14.6 Å². The van der Waals surface area contributed by atoms with E-state index in [1.165, 1.54) is 0 Å². The van der Waals surface area contributed by atoms with Crippen molar-refractivity contribution in [2.24, 2.45) is 0 Å². The van der Waals surface area contributed by atoms with Crippen LogP contribution in [0.15, 0.2) is 24.3 Å². The first kappa shape index (κ1) is 9.92. The smallest absolute Gasteiger partial charge is 0.450 e. The minimum absolute atomic E-state index is 0.710. The van der Waals surface area contributed by atoms with Gasteiger partial charge in [-0.2, -0.15) is 0 Å². The van der Waals surface area contributed by atoms with Crippen LogP contribution in [0.25, 0.3) is 0 Å². The highest BCUT2D eigenvalue weighted by molar-refractivity contribution is 7.80. The summed E-state index contributed by atoms with van der Waals surface area (Å²) in [6.45, 7) is 1.95. The fourth-order valence-electron chi connectivity index (χ4n) is 0.895. The van der Waals surface area contributed by atoms with Gasteiger partial charge in [0.05, 0.1) is 0 Å². The molecule has 0 saturated carbocycles. The van der Waals surface area contributed by atoms with Crippen LogP contribution in [0.4, 0.5) is 4.79 Å². The molecule has 0 radical (unpaired) electrons. The zero-order valence-corrected chi connectivity index (χ0v) is 7.99. The van der Waals surface area contributed by atoms with Crippen molar-refractivity contribution in [1.29, 1.82) is 0 Å². The van der Waals surface area contributed by atoms with Gasteiger partial charge in [-0.05, 0) is 6.92 Å². The maximum Gasteiger partial charge on any atom is 0.507 e. The minimum atomic E-state index is -1.32. The van der Waals surface area contributed by atoms with Crippen LogP contribution in [0.2, 0.25) is 0 Å². The van der Waals surface area contributed by atoms with Gasteiger partial charge in [0.1, 0.15) is 0 Å². The SMILES string of the molecule is Cc1ccc(C(S)OC(=O)O)cc1. The Bertz CT molecular complexity index is 294. The molecule has 0 aromatic heterocycles. The van der Waals surface area contributed by atoms with Crippen molar-refractivity contribution in [2.45, 2.75) is 12.4 Å². The molecule has 0 aliphatic carbocycles. The number of rotatable bonds is 2. The molecule has 0 fully saturated rings. The van der Waals surface area contributed by atoms with Gasteiger partial charge in [0, 0.05) is 5.56 Å². The number of carboxylic acid groups (broad SMARTS) is 1. The molecule has 0 saturated heterocycles. The first-order chi connectivity index (χ1) is 6.09. The standard InChI is InChI=1S/C9H10O3S/c1-6-2-4-7(5-3-6)8(13)12-9(10)11/h2-5,8,13H,1H3,(H,10,11). The zero-order chi connectivity index (χ0) is 9.84. The Hall–Kier alpha value is -1.16. The van der Waals surface area contributed by atoms with Crippen molar-refractivity contribution in [3.05, 3.63) is 35.4 Å². The predicted octanol–water partition coefficient (Wildman–Crippen LogP) is 2.62. The first-order valence-corrected chi connectivity index (χ1v) is 4.25. The van der Waals surface area contributed by atoms with Crippen molar-refractivity contribution in [3.8, 4) is 0 Å². The van der Waals surface area contributed by atoms with Gasteiger partial charge in [-0.1, -0.05) is 29.8 Å². The summed E-state index contributed by atoms with van der Waals surface area (Å²) < 4.78 is 4.46. The Labute approximate surface area is 81.8 Å². The van der Waals surface area contributed by atoms with Gasteiger partial charge in [0.15, 0.2) is 5.44 Å². The van der Waals surface area contributed by atoms with E-state index in [1.54, 1.807) is 12.1 Å². The zero-order valence-electron chi connectivity index (χ0n) is 7.10. The maximum atomic E-state index is 10.2. The van der Waals surface area contributed by atoms with Crippen LogP contribution in [0, 0.1) is 6.92 Å². The number of hydrogen-bond acceptors (Lipinski definition) is 3. The molecule has 0 amide bonds. The highest BCUT2D eigenvalue weighted by atomic mass is 32.1. The van der Waals surface area contributed by atoms with E-state index in [2.05, 4.69) is 17.4 Å². The molecule has 1 atom stereocenters. The molecular formula is C9H10O3S. The summed E-state index contributed by atoms with van der Waals surface area (Å²) in [5, 5.41) is 8.33. The average Bonchev–Trinajstić information content (AvgIpc) is 2.04. The number of ether oxygens (including phenoxy) is 1. The summed E-state index contributed by atoms with van der Waals surface area (Å²) in [4.78, 5) is 10.2. The van der Waals surface area contributed by atoms with Gasteiger partial charge in [-0.25, -0.2) is 4.79 Å². The van der Waals surface area contributed by atoms with Gasteiger partial charge >= 0.3 is 6.16 Å². The van der Waals surface area contributed by atoms with Crippen LogP contribution in [0.3, 0.4) is 0 Å². The number of carbonyl (C=O) groups is 1. The van der Waals surface area contributed by atoms with Crippen LogP contribution in [0.5, 0.6) is 0 Å². The van der Waals surface area contributed by atoms with E-state index in [0.717, 1.165) is 11.1 Å². The average molecular weight is 198 g/mol. The quantitative estimate of drug-likeness (QED) is 0.436. The minimum Gasteiger partial charge on any atom is -0.450 e. The highest BCUT2D eigenvalue weighted by Gasteiger charge is 2.09. The highest BCUT2D eigenvalue weighted by Crippen LogP contribution is 2.21. The molecule has 0 heterocycles. The molecule has 1 N–H and O–H groups in total. The molecule has 1 aromatic carbocycles. The van der Waals surface area contributed by atoms with Crippen molar-refractivity contribution in [3.63, 3.8) is 0 Å². The molecule has 4 heteroatoms. The van der Waals surface area contributed by atoms with Gasteiger partial charge in [-0.15, -0.1) is 12.6 Å². The lowest BCUT2D eigenvalue weighted by Crippen LogP contribution is -2.03. The van der Waals surface area contributed by atoms with E-state index < -0.39 is 11.6 Å². The Morgan fingerprint density at radius 1 is 1.46 bits per heavy atom. The fourth-order valence-corrected chi connectivity index (χ4v) is 1.16. The lowest BCUT2D eigenvalue weighted by atomic mass is 10.2. The third kappa shape index (κ3) is 2.99. The van der Waals surface area contributed by atoms with Gasteiger partial charge in [0.25, 0.3) is 0 Å². The lowest BCUT2D eigenvalue weighted by Gasteiger charge is -2.09. The monoisotopic (exact) mass is 198 g/mol. The van der Waals surface area contributed by atoms with Crippen LogP contribution in [-0.4, -0.2) is 11.3 Å². The van der Waals surface area contributed by atoms with E-state index in [0.29, 0.717) is 0 Å². The number of aryl methyl sites for hydroxylation is 1. The lowest BCUT2D eigenvalue weighted by molar-refractivity contribution is 0.0827. The number of hydrogen-bond donors (Lipinski definition) is 2. The topological polar surface area (TPSA) is 46.5 Å². The Morgan fingerprint density at radius 3 is 2.46 bits per heavy atom. The number of thiol groups is 1. The third-order valence-electron chi connectivity index (χ3n) is 1.57. The van der Waals surface area contributed by atoms with Crippen LogP contribution < -0.4 is 0 Å². The molecule has 0 aliphatic rings. The summed E-state index contributed by atoms with van der Waals surface area (Å²) in [6.07, 6.45) is -1.32. The molecule has 70 valence electrons. The summed E-state index contributed by atoms with van der Waals surface area (Å²) >= 11 is 3.99. The van der Waals surface area contributed by atoms with Crippen LogP contribution in [0.1, 0.15) is 16.6 Å². The van der Waals surface area contributed by atoms with Crippen LogP contribution in [-0.2, 0) is 4.74 Å². The van der Waals surface area contributed by atoms with E-state index in [-0.39, 0.29) is 0 Å². The van der Waals surface area contributed by atoms with E-state index >= 15 is 0 Å². The Morgan fingerprint density at radius 2 is 2.00 bits per heavy atom. The molecule has 0 spiro atoms.